The monoisotopic (exact) mass is 282 g/mol. The molecule has 0 spiro atoms. The summed E-state index contributed by atoms with van der Waals surface area (Å²) >= 11 is 0. The number of fused-ring (bicyclic) bond motifs is 1. The molecule has 0 saturated carbocycles. The molecule has 1 aliphatic rings. The van der Waals surface area contributed by atoms with E-state index in [0.717, 1.165) is 30.6 Å². The van der Waals surface area contributed by atoms with Gasteiger partial charge in [0.1, 0.15) is 11.6 Å². The van der Waals surface area contributed by atoms with Crippen LogP contribution < -0.4 is 4.90 Å². The molecule has 1 aliphatic heterocycles. The van der Waals surface area contributed by atoms with Crippen molar-refractivity contribution in [3.05, 3.63) is 30.2 Å². The smallest absolute Gasteiger partial charge is 0.166 e. The van der Waals surface area contributed by atoms with Gasteiger partial charge >= 0.3 is 0 Å². The van der Waals surface area contributed by atoms with Crippen molar-refractivity contribution in [2.24, 2.45) is 0 Å². The van der Waals surface area contributed by atoms with Crippen molar-refractivity contribution >= 4 is 16.6 Å². The zero-order valence-corrected chi connectivity index (χ0v) is 12.3. The van der Waals surface area contributed by atoms with Gasteiger partial charge in [0, 0.05) is 24.7 Å². The van der Waals surface area contributed by atoms with Crippen LogP contribution in [-0.4, -0.2) is 35.3 Å². The number of anilines is 1. The summed E-state index contributed by atoms with van der Waals surface area (Å²) in [4.78, 5) is 10.9. The number of ether oxygens (including phenoxy) is 1. The normalized spacial score (nSPS) is 22.2. The molecule has 21 heavy (non-hydrogen) atoms. The maximum absolute atomic E-state index is 9.17. The molecule has 2 aromatic heterocycles. The Morgan fingerprint density at radius 1 is 1.43 bits per heavy atom. The third kappa shape index (κ3) is 2.55. The van der Waals surface area contributed by atoms with Crippen LogP contribution in [0.4, 0.5) is 5.69 Å². The number of pyridine rings is 2. The number of hydrogen-bond donors (Lipinski definition) is 0. The van der Waals surface area contributed by atoms with E-state index >= 15 is 0 Å². The molecule has 2 aromatic rings. The second-order valence-corrected chi connectivity index (χ2v) is 5.39. The first kappa shape index (κ1) is 13.8. The minimum Gasteiger partial charge on any atom is -0.372 e. The summed E-state index contributed by atoms with van der Waals surface area (Å²) in [5.74, 6) is 0. The van der Waals surface area contributed by atoms with E-state index in [1.165, 1.54) is 0 Å². The average molecular weight is 282 g/mol. The van der Waals surface area contributed by atoms with Crippen molar-refractivity contribution in [1.29, 1.82) is 5.26 Å². The average Bonchev–Trinajstić information content (AvgIpc) is 2.53. The van der Waals surface area contributed by atoms with E-state index in [2.05, 4.69) is 34.8 Å². The summed E-state index contributed by atoms with van der Waals surface area (Å²) in [6, 6.07) is 6.01. The van der Waals surface area contributed by atoms with E-state index in [4.69, 9.17) is 4.74 Å². The first-order valence-electron chi connectivity index (χ1n) is 7.27. The molecule has 0 radical (unpaired) electrons. The minimum absolute atomic E-state index is 0.186. The quantitative estimate of drug-likeness (QED) is 0.847. The van der Waals surface area contributed by atoms with Gasteiger partial charge in [0.2, 0.25) is 0 Å². The maximum atomic E-state index is 9.17. The van der Waals surface area contributed by atoms with E-state index < -0.39 is 0 Å². The van der Waals surface area contributed by atoms with Crippen molar-refractivity contribution in [3.8, 4) is 6.07 Å². The number of nitriles is 1. The SMILES string of the molecule is CCC1CN(c2cnc(C#N)c3ncccc23)CC(C)O1. The molecule has 0 amide bonds. The molecule has 0 N–H and O–H groups in total. The van der Waals surface area contributed by atoms with Crippen LogP contribution in [0, 0.1) is 11.3 Å². The first-order chi connectivity index (χ1) is 10.2. The third-order valence-electron chi connectivity index (χ3n) is 3.85. The molecule has 3 rings (SSSR count). The van der Waals surface area contributed by atoms with Crippen molar-refractivity contribution in [2.75, 3.05) is 18.0 Å². The van der Waals surface area contributed by atoms with Crippen LogP contribution in [-0.2, 0) is 4.74 Å². The minimum atomic E-state index is 0.186. The van der Waals surface area contributed by atoms with E-state index in [9.17, 15) is 5.26 Å². The van der Waals surface area contributed by atoms with Crippen LogP contribution in [0.2, 0.25) is 0 Å². The van der Waals surface area contributed by atoms with Gasteiger partial charge < -0.3 is 9.64 Å². The predicted octanol–water partition coefficient (Wildman–Crippen LogP) is 2.51. The van der Waals surface area contributed by atoms with Crippen LogP contribution >= 0.6 is 0 Å². The molecule has 5 heteroatoms. The van der Waals surface area contributed by atoms with Gasteiger partial charge in [-0.15, -0.1) is 0 Å². The second-order valence-electron chi connectivity index (χ2n) is 5.39. The number of aromatic nitrogens is 2. The highest BCUT2D eigenvalue weighted by Gasteiger charge is 2.25. The van der Waals surface area contributed by atoms with Gasteiger partial charge in [-0.2, -0.15) is 5.26 Å². The van der Waals surface area contributed by atoms with E-state index in [-0.39, 0.29) is 12.2 Å². The zero-order valence-electron chi connectivity index (χ0n) is 12.3. The molecule has 0 aromatic carbocycles. The maximum Gasteiger partial charge on any atom is 0.166 e. The number of hydrogen-bond acceptors (Lipinski definition) is 5. The molecule has 0 aliphatic carbocycles. The molecular formula is C16H18N4O. The van der Waals surface area contributed by atoms with Crippen LogP contribution in [0.15, 0.2) is 24.5 Å². The predicted molar refractivity (Wildman–Crippen MR) is 81.1 cm³/mol. The Labute approximate surface area is 124 Å². The van der Waals surface area contributed by atoms with Crippen LogP contribution in [0.5, 0.6) is 0 Å². The topological polar surface area (TPSA) is 62.0 Å². The molecule has 1 saturated heterocycles. The van der Waals surface area contributed by atoms with Gasteiger partial charge in [0.25, 0.3) is 0 Å². The van der Waals surface area contributed by atoms with Crippen LogP contribution in [0.3, 0.4) is 0 Å². The van der Waals surface area contributed by atoms with Gasteiger partial charge in [0.15, 0.2) is 5.69 Å². The lowest BCUT2D eigenvalue weighted by molar-refractivity contribution is -0.0171. The molecule has 2 atom stereocenters. The molecule has 108 valence electrons. The molecule has 5 nitrogen and oxygen atoms in total. The number of rotatable bonds is 2. The van der Waals surface area contributed by atoms with Crippen molar-refractivity contribution in [3.63, 3.8) is 0 Å². The second kappa shape index (κ2) is 5.66. The highest BCUT2D eigenvalue weighted by molar-refractivity contribution is 5.93. The van der Waals surface area contributed by atoms with Crippen molar-refractivity contribution in [1.82, 2.24) is 9.97 Å². The summed E-state index contributed by atoms with van der Waals surface area (Å²) in [7, 11) is 0. The van der Waals surface area contributed by atoms with E-state index in [0.29, 0.717) is 11.2 Å². The Kier molecular flexibility index (Phi) is 3.72. The fraction of sp³-hybridized carbons (Fsp3) is 0.438. The van der Waals surface area contributed by atoms with Gasteiger partial charge in [0.05, 0.1) is 24.1 Å². The van der Waals surface area contributed by atoms with E-state index in [1.54, 1.807) is 12.4 Å². The number of morpholine rings is 1. The lowest BCUT2D eigenvalue weighted by Crippen LogP contribution is -2.46. The standard InChI is InChI=1S/C16H18N4O/c1-3-12-10-20(9-11(2)21-12)15-8-19-14(7-17)16-13(15)5-4-6-18-16/h4-6,8,11-12H,3,9-10H2,1-2H3. The number of nitrogens with zero attached hydrogens (tertiary/aromatic N) is 4. The Hall–Kier alpha value is -2.19. The summed E-state index contributed by atoms with van der Waals surface area (Å²) in [5, 5.41) is 10.2. The summed E-state index contributed by atoms with van der Waals surface area (Å²) in [6.45, 7) is 5.90. The lowest BCUT2D eigenvalue weighted by Gasteiger charge is -2.38. The highest BCUT2D eigenvalue weighted by Crippen LogP contribution is 2.29. The molecular weight excluding hydrogens is 264 g/mol. The van der Waals surface area contributed by atoms with Gasteiger partial charge in [-0.25, -0.2) is 4.98 Å². The molecule has 0 bridgehead atoms. The summed E-state index contributed by atoms with van der Waals surface area (Å²) in [5.41, 5.74) is 2.08. The Bertz CT molecular complexity index is 694. The Balaban J connectivity index is 2.07. The van der Waals surface area contributed by atoms with Gasteiger partial charge in [-0.1, -0.05) is 6.92 Å². The largest absolute Gasteiger partial charge is 0.372 e. The molecule has 3 heterocycles. The highest BCUT2D eigenvalue weighted by atomic mass is 16.5. The summed E-state index contributed by atoms with van der Waals surface area (Å²) < 4.78 is 5.91. The van der Waals surface area contributed by atoms with Crippen LogP contribution in [0.1, 0.15) is 26.0 Å². The summed E-state index contributed by atoms with van der Waals surface area (Å²) in [6.07, 6.45) is 4.89. The molecule has 1 fully saturated rings. The fourth-order valence-corrected chi connectivity index (χ4v) is 2.86. The van der Waals surface area contributed by atoms with Gasteiger partial charge in [-0.05, 0) is 25.5 Å². The Morgan fingerprint density at radius 3 is 3.05 bits per heavy atom. The third-order valence-corrected chi connectivity index (χ3v) is 3.85. The van der Waals surface area contributed by atoms with E-state index in [1.807, 2.05) is 12.1 Å². The van der Waals surface area contributed by atoms with Crippen molar-refractivity contribution in [2.45, 2.75) is 32.5 Å². The molecule has 2 unspecified atom stereocenters. The van der Waals surface area contributed by atoms with Crippen LogP contribution in [0.25, 0.3) is 10.9 Å². The van der Waals surface area contributed by atoms with Gasteiger partial charge in [-0.3, -0.25) is 4.98 Å². The lowest BCUT2D eigenvalue weighted by atomic mass is 10.1. The fourth-order valence-electron chi connectivity index (χ4n) is 2.86. The zero-order chi connectivity index (χ0) is 14.8. The van der Waals surface area contributed by atoms with Crippen molar-refractivity contribution < 1.29 is 4.74 Å². The first-order valence-corrected chi connectivity index (χ1v) is 7.27. The Morgan fingerprint density at radius 2 is 2.29 bits per heavy atom.